The largest absolute Gasteiger partial charge is 0.270 e. The first kappa shape index (κ1) is 22.6. The molecule has 0 aromatic rings. The van der Waals surface area contributed by atoms with Crippen molar-refractivity contribution in [2.24, 2.45) is 0 Å². The topological polar surface area (TPSA) is 43.4 Å². The molecule has 0 atom stereocenters. The fraction of sp³-hybridized carbons (Fsp3) is 0.895. The molecular formula is C19H38O3S. The first-order chi connectivity index (χ1) is 11.1. The molecule has 0 aromatic carbocycles. The molecule has 0 rings (SSSR count). The van der Waals surface area contributed by atoms with Crippen molar-refractivity contribution in [2.75, 3.05) is 12.9 Å². The summed E-state index contributed by atoms with van der Waals surface area (Å²) < 4.78 is 26.2. The van der Waals surface area contributed by atoms with E-state index in [0.29, 0.717) is 6.61 Å². The van der Waals surface area contributed by atoms with E-state index in [4.69, 9.17) is 4.18 Å². The number of hydrogen-bond acceptors (Lipinski definition) is 3. The van der Waals surface area contributed by atoms with Crippen LogP contribution in [0.1, 0.15) is 96.8 Å². The third kappa shape index (κ3) is 21.6. The number of unbranched alkanes of at least 4 members (excludes halogenated alkanes) is 12. The highest BCUT2D eigenvalue weighted by Crippen LogP contribution is 2.10. The van der Waals surface area contributed by atoms with Crippen molar-refractivity contribution < 1.29 is 12.6 Å². The molecule has 0 unspecified atom stereocenters. The van der Waals surface area contributed by atoms with Crippen molar-refractivity contribution in [3.05, 3.63) is 12.2 Å². The molecule has 0 aliphatic heterocycles. The first-order valence-electron chi connectivity index (χ1n) is 9.55. The van der Waals surface area contributed by atoms with Crippen LogP contribution in [0.2, 0.25) is 0 Å². The smallest absolute Gasteiger partial charge is 0.264 e. The molecule has 0 aliphatic rings. The summed E-state index contributed by atoms with van der Waals surface area (Å²) in [5.74, 6) is 0. The average molecular weight is 347 g/mol. The maximum atomic E-state index is 10.8. The van der Waals surface area contributed by atoms with Gasteiger partial charge in [-0.25, -0.2) is 0 Å². The van der Waals surface area contributed by atoms with Crippen molar-refractivity contribution in [2.45, 2.75) is 96.8 Å². The summed E-state index contributed by atoms with van der Waals surface area (Å²) in [7, 11) is -3.25. The van der Waals surface area contributed by atoms with E-state index in [0.717, 1.165) is 19.1 Å². The van der Waals surface area contributed by atoms with Gasteiger partial charge in [0.25, 0.3) is 10.1 Å². The zero-order chi connectivity index (χ0) is 17.2. The summed E-state index contributed by atoms with van der Waals surface area (Å²) >= 11 is 0. The van der Waals surface area contributed by atoms with Gasteiger partial charge in [0.05, 0.1) is 12.9 Å². The Hall–Kier alpha value is -0.350. The number of rotatable bonds is 17. The van der Waals surface area contributed by atoms with E-state index in [9.17, 15) is 8.42 Å². The Morgan fingerprint density at radius 1 is 0.696 bits per heavy atom. The summed E-state index contributed by atoms with van der Waals surface area (Å²) in [6.07, 6.45) is 23.3. The zero-order valence-electron chi connectivity index (χ0n) is 15.4. The van der Waals surface area contributed by atoms with Crippen LogP contribution in [0.5, 0.6) is 0 Å². The van der Waals surface area contributed by atoms with Crippen molar-refractivity contribution in [1.82, 2.24) is 0 Å². The molecule has 23 heavy (non-hydrogen) atoms. The number of hydrogen-bond donors (Lipinski definition) is 0. The van der Waals surface area contributed by atoms with Crippen molar-refractivity contribution in [1.29, 1.82) is 0 Å². The second-order valence-corrected chi connectivity index (χ2v) is 8.11. The predicted octanol–water partition coefficient (Wildman–Crippen LogP) is 6.00. The van der Waals surface area contributed by atoms with Crippen molar-refractivity contribution in [3.63, 3.8) is 0 Å². The predicted molar refractivity (Wildman–Crippen MR) is 100 cm³/mol. The van der Waals surface area contributed by atoms with Gasteiger partial charge < -0.3 is 0 Å². The highest BCUT2D eigenvalue weighted by molar-refractivity contribution is 7.85. The van der Waals surface area contributed by atoms with E-state index in [1.54, 1.807) is 0 Å². The van der Waals surface area contributed by atoms with E-state index < -0.39 is 10.1 Å². The van der Waals surface area contributed by atoms with Crippen LogP contribution < -0.4 is 0 Å². The van der Waals surface area contributed by atoms with Gasteiger partial charge in [0.15, 0.2) is 0 Å². The Balaban J connectivity index is 3.13. The van der Waals surface area contributed by atoms with E-state index in [2.05, 4.69) is 19.1 Å². The summed E-state index contributed by atoms with van der Waals surface area (Å²) in [4.78, 5) is 0. The summed E-state index contributed by atoms with van der Waals surface area (Å²) in [6.45, 7) is 2.59. The summed E-state index contributed by atoms with van der Waals surface area (Å²) in [6, 6.07) is 0. The molecule has 0 N–H and O–H groups in total. The Kier molecular flexibility index (Phi) is 16.3. The molecule has 0 fully saturated rings. The third-order valence-corrected chi connectivity index (χ3v) is 4.55. The van der Waals surface area contributed by atoms with Crippen LogP contribution in [0.3, 0.4) is 0 Å². The minimum atomic E-state index is -3.25. The maximum absolute atomic E-state index is 10.8. The molecule has 0 aromatic heterocycles. The molecule has 0 saturated heterocycles. The molecule has 0 aliphatic carbocycles. The Morgan fingerprint density at radius 3 is 1.61 bits per heavy atom. The van der Waals surface area contributed by atoms with Crippen molar-refractivity contribution in [3.8, 4) is 0 Å². The molecular weight excluding hydrogens is 308 g/mol. The van der Waals surface area contributed by atoms with E-state index in [-0.39, 0.29) is 0 Å². The van der Waals surface area contributed by atoms with Crippen LogP contribution in [0.4, 0.5) is 0 Å². The fourth-order valence-electron chi connectivity index (χ4n) is 2.56. The molecule has 0 bridgehead atoms. The second kappa shape index (κ2) is 16.5. The minimum absolute atomic E-state index is 0.333. The van der Waals surface area contributed by atoms with Gasteiger partial charge in [-0.2, -0.15) is 8.42 Å². The highest BCUT2D eigenvalue weighted by Gasteiger charge is 2.00. The van der Waals surface area contributed by atoms with Gasteiger partial charge in [-0.15, -0.1) is 0 Å². The first-order valence-corrected chi connectivity index (χ1v) is 11.4. The molecule has 0 heterocycles. The molecule has 0 radical (unpaired) electrons. The van der Waals surface area contributed by atoms with Crippen molar-refractivity contribution >= 4 is 10.1 Å². The lowest BCUT2D eigenvalue weighted by molar-refractivity contribution is 0.309. The van der Waals surface area contributed by atoms with Gasteiger partial charge in [0.2, 0.25) is 0 Å². The van der Waals surface area contributed by atoms with Crippen LogP contribution in [0.15, 0.2) is 12.2 Å². The molecule has 0 amide bonds. The molecule has 0 spiro atoms. The second-order valence-electron chi connectivity index (χ2n) is 6.46. The molecule has 138 valence electrons. The van der Waals surface area contributed by atoms with Gasteiger partial charge in [-0.1, -0.05) is 76.9 Å². The Labute approximate surface area is 145 Å². The molecule has 0 saturated carbocycles. The quantitative estimate of drug-likeness (QED) is 0.184. The van der Waals surface area contributed by atoms with Gasteiger partial charge in [-0.05, 0) is 32.1 Å². The van der Waals surface area contributed by atoms with E-state index in [1.165, 1.54) is 77.0 Å². The Morgan fingerprint density at radius 2 is 1.13 bits per heavy atom. The van der Waals surface area contributed by atoms with Crippen LogP contribution in [-0.2, 0) is 14.3 Å². The Bertz CT molecular complexity index is 361. The third-order valence-electron chi connectivity index (χ3n) is 3.95. The maximum Gasteiger partial charge on any atom is 0.264 e. The van der Waals surface area contributed by atoms with Crippen LogP contribution in [0.25, 0.3) is 0 Å². The van der Waals surface area contributed by atoms with Gasteiger partial charge >= 0.3 is 0 Å². The monoisotopic (exact) mass is 346 g/mol. The van der Waals surface area contributed by atoms with Gasteiger partial charge in [0, 0.05) is 0 Å². The lowest BCUT2D eigenvalue weighted by Crippen LogP contribution is -2.03. The zero-order valence-corrected chi connectivity index (χ0v) is 16.2. The molecule has 4 heteroatoms. The van der Waals surface area contributed by atoms with Crippen LogP contribution >= 0.6 is 0 Å². The SMILES string of the molecule is CCCCCCCC/C=C/CCCCCCCCOS(C)(=O)=O. The van der Waals surface area contributed by atoms with E-state index >= 15 is 0 Å². The fourth-order valence-corrected chi connectivity index (χ4v) is 2.98. The van der Waals surface area contributed by atoms with E-state index in [1.807, 2.05) is 0 Å². The number of allylic oxidation sites excluding steroid dienone is 2. The van der Waals surface area contributed by atoms with Crippen LogP contribution in [-0.4, -0.2) is 21.3 Å². The molecule has 3 nitrogen and oxygen atoms in total. The normalized spacial score (nSPS) is 12.3. The van der Waals surface area contributed by atoms with Gasteiger partial charge in [0.1, 0.15) is 0 Å². The lowest BCUT2D eigenvalue weighted by Gasteiger charge is -2.02. The standard InChI is InChI=1S/C19H38O3S/c1-3-4-5-6-7-8-9-10-11-12-13-14-15-16-17-18-19-22-23(2,20)21/h10-11H,3-9,12-19H2,1-2H3/b11-10+. The van der Waals surface area contributed by atoms with Crippen LogP contribution in [0, 0.1) is 0 Å². The highest BCUT2D eigenvalue weighted by atomic mass is 32.2. The minimum Gasteiger partial charge on any atom is -0.270 e. The summed E-state index contributed by atoms with van der Waals surface area (Å²) in [5.41, 5.74) is 0. The lowest BCUT2D eigenvalue weighted by atomic mass is 10.1. The average Bonchev–Trinajstić information content (AvgIpc) is 2.49. The summed E-state index contributed by atoms with van der Waals surface area (Å²) in [5, 5.41) is 0. The van der Waals surface area contributed by atoms with Gasteiger partial charge in [-0.3, -0.25) is 4.18 Å².